The van der Waals surface area contributed by atoms with Crippen molar-refractivity contribution in [1.82, 2.24) is 20.2 Å². The van der Waals surface area contributed by atoms with E-state index in [1.54, 1.807) is 53.5 Å². The minimum absolute atomic E-state index is 0.203. The molecule has 0 saturated carbocycles. The number of ether oxygens (including phenoxy) is 2. The number of hydrogen-bond acceptors (Lipinski definition) is 9. The van der Waals surface area contributed by atoms with Crippen LogP contribution >= 0.6 is 11.6 Å². The first kappa shape index (κ1) is 23.5. The number of carbonyl (C=O) groups excluding carboxylic acids is 1. The number of fused-ring (bicyclic) bond motifs is 1. The summed E-state index contributed by atoms with van der Waals surface area (Å²) in [5, 5.41) is 20.7. The van der Waals surface area contributed by atoms with Crippen LogP contribution in [0.15, 0.2) is 53.1 Å². The number of methoxy groups -OCH3 is 1. The van der Waals surface area contributed by atoms with Crippen molar-refractivity contribution in [2.75, 3.05) is 25.6 Å². The van der Waals surface area contributed by atoms with Crippen LogP contribution in [0.5, 0.6) is 5.75 Å². The Hall–Kier alpha value is -3.22. The van der Waals surface area contributed by atoms with Crippen molar-refractivity contribution < 1.29 is 19.4 Å². The molecule has 1 fully saturated rings. The zero-order valence-corrected chi connectivity index (χ0v) is 19.8. The third kappa shape index (κ3) is 4.56. The standard InChI is InChI=1S/C23H26ClN7O4/c1-34-17-4-3-14(24)11-15(17)19-16(12-27-31(19)13-23(33)5-9-35-10-6-23)28-22(32)18-20(25)29-30-8-2-7-26-21(18)30/h2-4,7-8,11-12,20,29,33H,5-6,9-10,13,25H2,1H3,(H,28,32). The highest BCUT2D eigenvalue weighted by Crippen LogP contribution is 2.38. The van der Waals surface area contributed by atoms with Crippen LogP contribution in [0.3, 0.4) is 0 Å². The Morgan fingerprint density at radius 3 is 3.00 bits per heavy atom. The van der Waals surface area contributed by atoms with E-state index in [1.807, 2.05) is 0 Å². The Morgan fingerprint density at radius 2 is 2.23 bits per heavy atom. The minimum Gasteiger partial charge on any atom is -0.496 e. The number of aromatic nitrogens is 2. The molecule has 3 aliphatic heterocycles. The normalized spacial score (nSPS) is 20.8. The van der Waals surface area contributed by atoms with Crippen LogP contribution in [0.25, 0.3) is 11.3 Å². The Balaban J connectivity index is 1.55. The molecule has 12 heteroatoms. The summed E-state index contributed by atoms with van der Waals surface area (Å²) in [7, 11) is 1.55. The number of aliphatic imine (C=N–C) groups is 1. The average molecular weight is 500 g/mol. The molecule has 1 saturated heterocycles. The van der Waals surface area contributed by atoms with Gasteiger partial charge in [-0.2, -0.15) is 5.10 Å². The predicted molar refractivity (Wildman–Crippen MR) is 130 cm³/mol. The molecule has 2 aromatic rings. The van der Waals surface area contributed by atoms with Gasteiger partial charge in [0.1, 0.15) is 11.9 Å². The van der Waals surface area contributed by atoms with Crippen molar-refractivity contribution in [3.63, 3.8) is 0 Å². The van der Waals surface area contributed by atoms with E-state index in [0.717, 1.165) is 0 Å². The molecule has 3 aliphatic rings. The second-order valence-corrected chi connectivity index (χ2v) is 8.97. The highest BCUT2D eigenvalue weighted by Gasteiger charge is 2.35. The highest BCUT2D eigenvalue weighted by molar-refractivity contribution is 6.31. The van der Waals surface area contributed by atoms with Crippen LogP contribution in [-0.2, 0) is 16.1 Å². The summed E-state index contributed by atoms with van der Waals surface area (Å²) in [6.45, 7) is 1.13. The summed E-state index contributed by atoms with van der Waals surface area (Å²) >= 11 is 6.32. The monoisotopic (exact) mass is 499 g/mol. The van der Waals surface area contributed by atoms with Gasteiger partial charge >= 0.3 is 0 Å². The molecule has 5 N–H and O–H groups in total. The number of nitrogens with one attached hydrogen (secondary N) is 2. The van der Waals surface area contributed by atoms with Crippen molar-refractivity contribution in [1.29, 1.82) is 0 Å². The van der Waals surface area contributed by atoms with Gasteiger partial charge in [-0.1, -0.05) is 11.6 Å². The maximum absolute atomic E-state index is 13.4. The first-order chi connectivity index (χ1) is 16.9. The molecule has 5 rings (SSSR count). The molecule has 0 radical (unpaired) electrons. The lowest BCUT2D eigenvalue weighted by Crippen LogP contribution is -2.42. The summed E-state index contributed by atoms with van der Waals surface area (Å²) in [5.41, 5.74) is 10.0. The largest absolute Gasteiger partial charge is 0.496 e. The molecule has 184 valence electrons. The van der Waals surface area contributed by atoms with Gasteiger partial charge in [0.25, 0.3) is 5.91 Å². The number of halogens is 1. The van der Waals surface area contributed by atoms with E-state index in [4.69, 9.17) is 26.8 Å². The van der Waals surface area contributed by atoms with Gasteiger partial charge in [0.05, 0.1) is 42.4 Å². The topological polar surface area (TPSA) is 139 Å². The van der Waals surface area contributed by atoms with Gasteiger partial charge in [-0.25, -0.2) is 10.4 Å². The summed E-state index contributed by atoms with van der Waals surface area (Å²) in [4.78, 5) is 17.7. The Bertz CT molecular complexity index is 1230. The summed E-state index contributed by atoms with van der Waals surface area (Å²) in [6, 6.07) is 5.19. The number of nitrogens with zero attached hydrogens (tertiary/aromatic N) is 4. The summed E-state index contributed by atoms with van der Waals surface area (Å²) in [5.74, 6) is 0.532. The molecule has 0 aliphatic carbocycles. The molecule has 0 spiro atoms. The zero-order chi connectivity index (χ0) is 24.6. The molecule has 11 nitrogen and oxygen atoms in total. The number of benzene rings is 1. The molecule has 1 aromatic heterocycles. The maximum atomic E-state index is 13.4. The number of nitrogens with two attached hydrogens (primary N) is 1. The Kier molecular flexibility index (Phi) is 6.34. The van der Waals surface area contributed by atoms with E-state index in [2.05, 4.69) is 20.8 Å². The average Bonchev–Trinajstić information content (AvgIpc) is 3.38. The van der Waals surface area contributed by atoms with E-state index < -0.39 is 17.7 Å². The van der Waals surface area contributed by atoms with E-state index >= 15 is 0 Å². The summed E-state index contributed by atoms with van der Waals surface area (Å²) in [6.07, 6.45) is 6.80. The van der Waals surface area contributed by atoms with Crippen LogP contribution in [-0.4, -0.2) is 64.1 Å². The number of hydrogen-bond donors (Lipinski definition) is 4. The summed E-state index contributed by atoms with van der Waals surface area (Å²) < 4.78 is 12.6. The minimum atomic E-state index is -1.00. The molecule has 1 atom stereocenters. The lowest BCUT2D eigenvalue weighted by molar-refractivity contribution is -0.113. The van der Waals surface area contributed by atoms with Gasteiger partial charge in [0.15, 0.2) is 5.82 Å². The predicted octanol–water partition coefficient (Wildman–Crippen LogP) is 1.61. The SMILES string of the molecule is COc1ccc(Cl)cc1-c1c(NC(=O)C2=C3N=CC=CN3NC2N)cnn1CC1(O)CCOCC1. The molecular formula is C23H26ClN7O4. The van der Waals surface area contributed by atoms with Crippen molar-refractivity contribution in [2.24, 2.45) is 10.7 Å². The quantitative estimate of drug-likeness (QED) is 0.470. The van der Waals surface area contributed by atoms with Gasteiger partial charge in [-0.05, 0) is 24.3 Å². The van der Waals surface area contributed by atoms with E-state index in [-0.39, 0.29) is 12.1 Å². The Morgan fingerprint density at radius 1 is 1.43 bits per heavy atom. The number of rotatable bonds is 6. The fourth-order valence-corrected chi connectivity index (χ4v) is 4.57. The van der Waals surface area contributed by atoms with Gasteiger partial charge < -0.3 is 25.6 Å². The van der Waals surface area contributed by atoms with Crippen molar-refractivity contribution in [2.45, 2.75) is 31.2 Å². The lowest BCUT2D eigenvalue weighted by Gasteiger charge is -2.32. The molecule has 35 heavy (non-hydrogen) atoms. The smallest absolute Gasteiger partial charge is 0.258 e. The second kappa shape index (κ2) is 9.44. The van der Waals surface area contributed by atoms with Crippen LogP contribution in [0.4, 0.5) is 5.69 Å². The number of aliphatic hydroxyl groups is 1. The fraction of sp³-hybridized carbons (Fsp3) is 0.348. The van der Waals surface area contributed by atoms with Crippen molar-refractivity contribution in [3.8, 4) is 17.0 Å². The zero-order valence-electron chi connectivity index (χ0n) is 19.1. The van der Waals surface area contributed by atoms with Crippen molar-refractivity contribution >= 4 is 29.4 Å². The van der Waals surface area contributed by atoms with Gasteiger partial charge in [0, 0.05) is 49.1 Å². The highest BCUT2D eigenvalue weighted by atomic mass is 35.5. The number of amides is 1. The lowest BCUT2D eigenvalue weighted by atomic mass is 9.94. The van der Waals surface area contributed by atoms with Crippen LogP contribution in [0.1, 0.15) is 12.8 Å². The van der Waals surface area contributed by atoms with Gasteiger partial charge in [-0.3, -0.25) is 14.5 Å². The molecular weight excluding hydrogens is 474 g/mol. The number of allylic oxidation sites excluding steroid dienone is 1. The second-order valence-electron chi connectivity index (χ2n) is 8.53. The third-order valence-corrected chi connectivity index (χ3v) is 6.43. The first-order valence-electron chi connectivity index (χ1n) is 11.2. The van der Waals surface area contributed by atoms with Crippen LogP contribution in [0, 0.1) is 0 Å². The fourth-order valence-electron chi connectivity index (χ4n) is 4.39. The van der Waals surface area contributed by atoms with E-state index in [1.165, 1.54) is 6.20 Å². The molecule has 1 amide bonds. The Labute approximate surface area is 206 Å². The maximum Gasteiger partial charge on any atom is 0.258 e. The van der Waals surface area contributed by atoms with E-state index in [9.17, 15) is 9.90 Å². The third-order valence-electron chi connectivity index (χ3n) is 6.19. The van der Waals surface area contributed by atoms with Gasteiger partial charge in [0.2, 0.25) is 0 Å². The van der Waals surface area contributed by atoms with E-state index in [0.29, 0.717) is 59.6 Å². The molecule has 1 unspecified atom stereocenters. The van der Waals surface area contributed by atoms with Gasteiger partial charge in [-0.15, -0.1) is 0 Å². The van der Waals surface area contributed by atoms with Crippen LogP contribution in [0.2, 0.25) is 5.02 Å². The van der Waals surface area contributed by atoms with Crippen LogP contribution < -0.4 is 21.2 Å². The first-order valence-corrected chi connectivity index (χ1v) is 11.5. The molecule has 1 aromatic carbocycles. The number of hydrazine groups is 1. The van der Waals surface area contributed by atoms with Crippen molar-refractivity contribution in [3.05, 3.63) is 53.1 Å². The number of anilines is 1. The molecule has 4 heterocycles. The number of carbonyl (C=O) groups is 1. The molecule has 0 bridgehead atoms.